The summed E-state index contributed by atoms with van der Waals surface area (Å²) in [5.74, 6) is -3.45. The van der Waals surface area contributed by atoms with Gasteiger partial charge in [-0.2, -0.15) is 0 Å². The third-order valence-corrected chi connectivity index (χ3v) is 11.3. The minimum absolute atomic E-state index is 0.0804. The average Bonchev–Trinajstić information content (AvgIpc) is 3.71. The van der Waals surface area contributed by atoms with Crippen molar-refractivity contribution < 1.29 is 38.5 Å². The Hall–Kier alpha value is -3.10. The van der Waals surface area contributed by atoms with Crippen LogP contribution < -0.4 is 0 Å². The van der Waals surface area contributed by atoms with Gasteiger partial charge in [0.2, 0.25) is 17.7 Å². The van der Waals surface area contributed by atoms with Gasteiger partial charge in [-0.15, -0.1) is 13.2 Å². The molecule has 1 aromatic rings. The number of fused-ring (bicyclic) bond motifs is 1. The van der Waals surface area contributed by atoms with Gasteiger partial charge < -0.3 is 34.0 Å². The van der Waals surface area contributed by atoms with Crippen LogP contribution in [0.3, 0.4) is 0 Å². The summed E-state index contributed by atoms with van der Waals surface area (Å²) in [7, 11) is 1.68. The highest BCUT2D eigenvalue weighted by Gasteiger charge is 2.77. The van der Waals surface area contributed by atoms with E-state index in [0.717, 1.165) is 13.1 Å². The molecular formula is C36H49BrN4O8. The van der Waals surface area contributed by atoms with E-state index in [1.807, 2.05) is 37.3 Å². The summed E-state index contributed by atoms with van der Waals surface area (Å²) in [5, 5.41) is 10.0. The number of allylic oxidation sites excluding steroid dienone is 1. The molecule has 4 aliphatic rings. The lowest BCUT2D eigenvalue weighted by molar-refractivity contribution is -0.164. The first-order valence-corrected chi connectivity index (χ1v) is 18.1. The molecule has 1 aromatic carbocycles. The number of nitrogens with zero attached hydrogens (tertiary/aromatic N) is 4. The van der Waals surface area contributed by atoms with Crippen molar-refractivity contribution >= 4 is 39.6 Å². The maximum atomic E-state index is 14.5. The minimum Gasteiger partial charge on any atom is -0.455 e. The summed E-state index contributed by atoms with van der Waals surface area (Å²) in [4.78, 5) is 62.8. The van der Waals surface area contributed by atoms with E-state index < -0.39 is 53.6 Å². The van der Waals surface area contributed by atoms with Gasteiger partial charge in [0.05, 0.1) is 43.8 Å². The molecule has 8 atom stereocenters. The summed E-state index contributed by atoms with van der Waals surface area (Å²) >= 11 is 3.72. The molecule has 3 amide bonds. The Morgan fingerprint density at radius 3 is 2.53 bits per heavy atom. The van der Waals surface area contributed by atoms with Crippen LogP contribution >= 0.6 is 15.9 Å². The van der Waals surface area contributed by atoms with Crippen molar-refractivity contribution in [3.05, 3.63) is 61.2 Å². The molecule has 1 N–H and O–H groups in total. The van der Waals surface area contributed by atoms with E-state index in [2.05, 4.69) is 34.0 Å². The number of carbonyl (C=O) groups is 4. The van der Waals surface area contributed by atoms with Gasteiger partial charge >= 0.3 is 5.97 Å². The monoisotopic (exact) mass is 744 g/mol. The van der Waals surface area contributed by atoms with Crippen molar-refractivity contribution in [2.24, 2.45) is 11.8 Å². The summed E-state index contributed by atoms with van der Waals surface area (Å²) < 4.78 is 18.4. The SMILES string of the molecule is C=CCCC(=O)N(C)[C@@H](C)[C@@H](OC(=O)[C@H]1[C@@H]2O[C@@]3(CC2Br)[C@@H]1C(=O)N(CCO)[C@@H]3C(=O)N(CC=C)CCN1CCOCC1)c1ccccc1. The number of benzene rings is 1. The number of hydrogen-bond donors (Lipinski definition) is 1. The number of aliphatic hydroxyl groups is 1. The Morgan fingerprint density at radius 2 is 1.88 bits per heavy atom. The molecule has 4 fully saturated rings. The molecule has 5 rings (SSSR count). The maximum Gasteiger partial charge on any atom is 0.313 e. The van der Waals surface area contributed by atoms with Gasteiger partial charge in [-0.25, -0.2) is 0 Å². The van der Waals surface area contributed by atoms with Gasteiger partial charge in [-0.05, 0) is 25.3 Å². The fourth-order valence-corrected chi connectivity index (χ4v) is 8.80. The Morgan fingerprint density at radius 1 is 1.16 bits per heavy atom. The van der Waals surface area contributed by atoms with Crippen LogP contribution in [0, 0.1) is 11.8 Å². The number of amides is 3. The number of morpholine rings is 1. The molecule has 0 radical (unpaired) electrons. The average molecular weight is 746 g/mol. The topological polar surface area (TPSA) is 129 Å². The quantitative estimate of drug-likeness (QED) is 0.154. The fourth-order valence-electron chi connectivity index (χ4n) is 7.86. The molecule has 0 saturated carbocycles. The van der Waals surface area contributed by atoms with E-state index in [-0.39, 0.29) is 42.8 Å². The van der Waals surface area contributed by atoms with Crippen molar-refractivity contribution in [2.75, 3.05) is 66.1 Å². The van der Waals surface area contributed by atoms with Crippen molar-refractivity contribution in [3.8, 4) is 0 Å². The number of likely N-dealkylation sites (tertiary alicyclic amines) is 1. The summed E-state index contributed by atoms with van der Waals surface area (Å²) in [6.07, 6.45) is 2.92. The fraction of sp³-hybridized carbons (Fsp3) is 0.611. The highest BCUT2D eigenvalue weighted by atomic mass is 79.9. The zero-order valence-corrected chi connectivity index (χ0v) is 30.0. The summed E-state index contributed by atoms with van der Waals surface area (Å²) in [5.41, 5.74) is -0.593. The second-order valence-corrected chi connectivity index (χ2v) is 14.5. The predicted molar refractivity (Wildman–Crippen MR) is 185 cm³/mol. The third kappa shape index (κ3) is 7.37. The number of hydrogen-bond acceptors (Lipinski definition) is 9. The number of esters is 1. The highest BCUT2D eigenvalue weighted by molar-refractivity contribution is 9.09. The highest BCUT2D eigenvalue weighted by Crippen LogP contribution is 2.60. The van der Waals surface area contributed by atoms with Crippen LogP contribution in [0.2, 0.25) is 0 Å². The third-order valence-electron chi connectivity index (χ3n) is 10.5. The van der Waals surface area contributed by atoms with Crippen LogP contribution in [0.25, 0.3) is 0 Å². The molecule has 1 unspecified atom stereocenters. The molecule has 49 heavy (non-hydrogen) atoms. The number of alkyl halides is 1. The lowest BCUT2D eigenvalue weighted by atomic mass is 9.70. The van der Waals surface area contributed by atoms with E-state index in [1.54, 1.807) is 29.0 Å². The molecule has 0 aliphatic carbocycles. The van der Waals surface area contributed by atoms with E-state index >= 15 is 0 Å². The number of β-amino-alcohol motifs (C(OH)–C–C–N with tert-alkyl or cyclic N) is 1. The molecule has 4 heterocycles. The minimum atomic E-state index is -1.30. The number of likely N-dealkylation sites (N-methyl/N-ethyl adjacent to an activating group) is 1. The second-order valence-electron chi connectivity index (χ2n) is 13.3. The van der Waals surface area contributed by atoms with Crippen LogP contribution in [0.15, 0.2) is 55.6 Å². The Bertz CT molecular complexity index is 1380. The molecular weight excluding hydrogens is 696 g/mol. The van der Waals surface area contributed by atoms with Gasteiger partial charge in [-0.1, -0.05) is 58.4 Å². The molecule has 268 valence electrons. The summed E-state index contributed by atoms with van der Waals surface area (Å²) in [6, 6.07) is 7.64. The molecule has 4 aliphatic heterocycles. The Kier molecular flexibility index (Phi) is 12.3. The number of rotatable bonds is 16. The molecule has 12 nitrogen and oxygen atoms in total. The largest absolute Gasteiger partial charge is 0.455 e. The smallest absolute Gasteiger partial charge is 0.313 e. The first-order chi connectivity index (χ1) is 23.6. The Balaban J connectivity index is 1.43. The first kappa shape index (κ1) is 37.2. The van der Waals surface area contributed by atoms with Gasteiger partial charge in [0.1, 0.15) is 17.7 Å². The predicted octanol–water partition coefficient (Wildman–Crippen LogP) is 2.17. The van der Waals surface area contributed by atoms with Crippen LogP contribution in [0.4, 0.5) is 0 Å². The zero-order chi connectivity index (χ0) is 35.3. The van der Waals surface area contributed by atoms with E-state index in [4.69, 9.17) is 14.2 Å². The van der Waals surface area contributed by atoms with Crippen LogP contribution in [-0.2, 0) is 33.4 Å². The number of carbonyl (C=O) groups excluding carboxylic acids is 4. The number of aliphatic hydroxyl groups excluding tert-OH is 1. The lowest BCUT2D eigenvalue weighted by Crippen LogP contribution is -2.58. The maximum absolute atomic E-state index is 14.5. The Labute approximate surface area is 297 Å². The first-order valence-electron chi connectivity index (χ1n) is 17.1. The molecule has 1 spiro atoms. The standard InChI is InChI=1S/C36H49BrN4O8/c1-5-7-13-27(43)38(4)24(3)30(25-11-9-8-10-12-25)48-35(46)28-29-33(44)41(17-20-42)32(36(29)23-26(37)31(28)49-36)34(45)40(14-6-2)16-15-39-18-21-47-22-19-39/h5-6,8-12,24,26,28-32,42H,1-2,7,13-23H2,3-4H3/t24-,26?,28+,29-,30+,31+,32+,36-/m0/s1. The molecule has 4 saturated heterocycles. The van der Waals surface area contributed by atoms with E-state index in [1.165, 1.54) is 4.90 Å². The van der Waals surface area contributed by atoms with Gasteiger partial charge in [0.25, 0.3) is 0 Å². The molecule has 13 heteroatoms. The van der Waals surface area contributed by atoms with Gasteiger partial charge in [-0.3, -0.25) is 24.1 Å². The van der Waals surface area contributed by atoms with Crippen molar-refractivity contribution in [3.63, 3.8) is 0 Å². The van der Waals surface area contributed by atoms with Gasteiger partial charge in [0.15, 0.2) is 0 Å². The molecule has 2 bridgehead atoms. The van der Waals surface area contributed by atoms with Gasteiger partial charge in [0, 0.05) is 57.6 Å². The number of halogens is 1. The second kappa shape index (κ2) is 16.3. The van der Waals surface area contributed by atoms with Crippen LogP contribution in [0.5, 0.6) is 0 Å². The van der Waals surface area contributed by atoms with Crippen LogP contribution in [0.1, 0.15) is 37.9 Å². The zero-order valence-electron chi connectivity index (χ0n) is 28.5. The normalized spacial score (nSPS) is 28.9. The van der Waals surface area contributed by atoms with Crippen molar-refractivity contribution in [2.45, 2.75) is 60.9 Å². The van der Waals surface area contributed by atoms with Crippen molar-refractivity contribution in [1.82, 2.24) is 19.6 Å². The van der Waals surface area contributed by atoms with Crippen LogP contribution in [-0.4, -0.2) is 143 Å². The van der Waals surface area contributed by atoms with E-state index in [9.17, 15) is 24.3 Å². The van der Waals surface area contributed by atoms with E-state index in [0.29, 0.717) is 44.7 Å². The van der Waals surface area contributed by atoms with Crippen molar-refractivity contribution in [1.29, 1.82) is 0 Å². The summed E-state index contributed by atoms with van der Waals surface area (Å²) in [6.45, 7) is 13.1. The number of ether oxygens (including phenoxy) is 3. The molecule has 0 aromatic heterocycles. The lowest BCUT2D eigenvalue weighted by Gasteiger charge is -2.38.